The lowest BCUT2D eigenvalue weighted by atomic mass is 9.97. The standard InChI is InChI=1S/C15H23N3/c1-5-10-9-12-11-7-6-8-16-13(11)17-14(12)18(10)15(2,3)4/h6-8,10,12,14H,5,9H2,1-4H3,(H,16,17). The molecule has 3 nitrogen and oxygen atoms in total. The van der Waals surface area contributed by atoms with E-state index in [1.807, 2.05) is 6.20 Å². The molecule has 1 N–H and O–H groups in total. The van der Waals surface area contributed by atoms with Crippen LogP contribution < -0.4 is 5.32 Å². The molecule has 0 spiro atoms. The van der Waals surface area contributed by atoms with Crippen molar-refractivity contribution in [3.63, 3.8) is 0 Å². The Bertz CT molecular complexity index is 449. The van der Waals surface area contributed by atoms with E-state index < -0.39 is 0 Å². The first-order chi connectivity index (χ1) is 8.52. The van der Waals surface area contributed by atoms with Crippen LogP contribution in [-0.4, -0.2) is 27.6 Å². The average molecular weight is 245 g/mol. The Morgan fingerprint density at radius 3 is 2.89 bits per heavy atom. The summed E-state index contributed by atoms with van der Waals surface area (Å²) in [4.78, 5) is 7.12. The molecule has 3 heteroatoms. The molecule has 1 aromatic heterocycles. The van der Waals surface area contributed by atoms with Gasteiger partial charge in [0.2, 0.25) is 0 Å². The molecule has 0 bridgehead atoms. The Labute approximate surface area is 110 Å². The van der Waals surface area contributed by atoms with Crippen LogP contribution >= 0.6 is 0 Å². The van der Waals surface area contributed by atoms with Crippen LogP contribution in [0.4, 0.5) is 5.82 Å². The second kappa shape index (κ2) is 3.95. The van der Waals surface area contributed by atoms with Crippen LogP contribution in [0.2, 0.25) is 0 Å². The Morgan fingerprint density at radius 2 is 2.22 bits per heavy atom. The second-order valence-corrected chi connectivity index (χ2v) is 6.51. The number of likely N-dealkylation sites (tertiary alicyclic amines) is 1. The van der Waals surface area contributed by atoms with Crippen molar-refractivity contribution in [3.05, 3.63) is 23.9 Å². The molecule has 18 heavy (non-hydrogen) atoms. The molecule has 2 aliphatic rings. The quantitative estimate of drug-likeness (QED) is 0.823. The van der Waals surface area contributed by atoms with E-state index in [4.69, 9.17) is 0 Å². The first kappa shape index (κ1) is 12.0. The van der Waals surface area contributed by atoms with Gasteiger partial charge in [-0.05, 0) is 39.7 Å². The Morgan fingerprint density at radius 1 is 1.44 bits per heavy atom. The van der Waals surface area contributed by atoms with Crippen LogP contribution in [-0.2, 0) is 0 Å². The van der Waals surface area contributed by atoms with Gasteiger partial charge in [0, 0.05) is 29.3 Å². The number of fused-ring (bicyclic) bond motifs is 3. The summed E-state index contributed by atoms with van der Waals surface area (Å²) in [5, 5.41) is 3.63. The van der Waals surface area contributed by atoms with Gasteiger partial charge in [0.25, 0.3) is 0 Å². The van der Waals surface area contributed by atoms with Crippen LogP contribution in [0.15, 0.2) is 18.3 Å². The molecule has 1 aromatic rings. The van der Waals surface area contributed by atoms with Crippen molar-refractivity contribution in [3.8, 4) is 0 Å². The highest BCUT2D eigenvalue weighted by molar-refractivity contribution is 5.54. The van der Waals surface area contributed by atoms with Crippen LogP contribution in [0.5, 0.6) is 0 Å². The molecular weight excluding hydrogens is 222 g/mol. The highest BCUT2D eigenvalue weighted by Crippen LogP contribution is 2.48. The van der Waals surface area contributed by atoms with Crippen LogP contribution in [0, 0.1) is 0 Å². The number of hydrogen-bond acceptors (Lipinski definition) is 3. The van der Waals surface area contributed by atoms with E-state index in [-0.39, 0.29) is 5.54 Å². The molecule has 0 amide bonds. The van der Waals surface area contributed by atoms with E-state index in [9.17, 15) is 0 Å². The Hall–Kier alpha value is -1.09. The van der Waals surface area contributed by atoms with E-state index >= 15 is 0 Å². The van der Waals surface area contributed by atoms with E-state index in [0.29, 0.717) is 18.1 Å². The minimum Gasteiger partial charge on any atom is -0.354 e. The smallest absolute Gasteiger partial charge is 0.130 e. The number of nitrogens with one attached hydrogen (secondary N) is 1. The number of nitrogens with zero attached hydrogens (tertiary/aromatic N) is 2. The summed E-state index contributed by atoms with van der Waals surface area (Å²) < 4.78 is 0. The number of pyridine rings is 1. The molecule has 0 aliphatic carbocycles. The largest absolute Gasteiger partial charge is 0.354 e. The van der Waals surface area contributed by atoms with Crippen LogP contribution in [0.3, 0.4) is 0 Å². The molecule has 2 aliphatic heterocycles. The summed E-state index contributed by atoms with van der Waals surface area (Å²) in [6, 6.07) is 4.98. The first-order valence-corrected chi connectivity index (χ1v) is 7.02. The van der Waals surface area contributed by atoms with Crippen molar-refractivity contribution in [1.29, 1.82) is 0 Å². The van der Waals surface area contributed by atoms with E-state index in [0.717, 1.165) is 5.82 Å². The summed E-state index contributed by atoms with van der Waals surface area (Å²) >= 11 is 0. The number of aromatic nitrogens is 1. The molecule has 1 fully saturated rings. The summed E-state index contributed by atoms with van der Waals surface area (Å²) in [5.41, 5.74) is 1.61. The second-order valence-electron chi connectivity index (χ2n) is 6.51. The fourth-order valence-corrected chi connectivity index (χ4v) is 3.73. The maximum atomic E-state index is 4.47. The monoisotopic (exact) mass is 245 g/mol. The highest BCUT2D eigenvalue weighted by Gasteiger charge is 2.49. The van der Waals surface area contributed by atoms with Crippen molar-refractivity contribution in [2.45, 2.75) is 64.2 Å². The van der Waals surface area contributed by atoms with Gasteiger partial charge in [-0.2, -0.15) is 0 Å². The van der Waals surface area contributed by atoms with Gasteiger partial charge in [0.1, 0.15) is 5.82 Å². The normalized spacial score (nSPS) is 31.0. The summed E-state index contributed by atoms with van der Waals surface area (Å²) in [7, 11) is 0. The van der Waals surface area contributed by atoms with Crippen molar-refractivity contribution in [2.75, 3.05) is 5.32 Å². The molecule has 0 aromatic carbocycles. The van der Waals surface area contributed by atoms with Gasteiger partial charge in [-0.25, -0.2) is 4.98 Å². The molecule has 3 heterocycles. The fourth-order valence-electron chi connectivity index (χ4n) is 3.73. The van der Waals surface area contributed by atoms with E-state index in [1.165, 1.54) is 18.4 Å². The topological polar surface area (TPSA) is 28.2 Å². The van der Waals surface area contributed by atoms with Gasteiger partial charge in [-0.15, -0.1) is 0 Å². The Kier molecular flexibility index (Phi) is 2.63. The third kappa shape index (κ3) is 1.64. The minimum atomic E-state index is 0.204. The third-order valence-electron chi connectivity index (χ3n) is 4.37. The number of anilines is 1. The van der Waals surface area contributed by atoms with E-state index in [1.54, 1.807) is 0 Å². The van der Waals surface area contributed by atoms with Crippen molar-refractivity contribution >= 4 is 5.82 Å². The van der Waals surface area contributed by atoms with Crippen LogP contribution in [0.25, 0.3) is 0 Å². The maximum Gasteiger partial charge on any atom is 0.130 e. The molecular formula is C15H23N3. The van der Waals surface area contributed by atoms with Gasteiger partial charge < -0.3 is 5.32 Å². The summed E-state index contributed by atoms with van der Waals surface area (Å²) in [5.74, 6) is 1.70. The van der Waals surface area contributed by atoms with Gasteiger partial charge in [-0.1, -0.05) is 13.0 Å². The molecule has 3 rings (SSSR count). The predicted octanol–water partition coefficient (Wildman–Crippen LogP) is 3.20. The molecule has 0 radical (unpaired) electrons. The molecule has 1 saturated heterocycles. The average Bonchev–Trinajstić information content (AvgIpc) is 2.82. The molecule has 98 valence electrons. The first-order valence-electron chi connectivity index (χ1n) is 7.02. The lowest BCUT2D eigenvalue weighted by Gasteiger charge is -2.40. The zero-order chi connectivity index (χ0) is 12.9. The summed E-state index contributed by atoms with van der Waals surface area (Å²) in [6.07, 6.45) is 4.79. The highest BCUT2D eigenvalue weighted by atomic mass is 15.4. The minimum absolute atomic E-state index is 0.204. The van der Waals surface area contributed by atoms with Crippen molar-refractivity contribution < 1.29 is 0 Å². The zero-order valence-electron chi connectivity index (χ0n) is 11.8. The molecule has 3 unspecified atom stereocenters. The predicted molar refractivity (Wildman–Crippen MR) is 74.7 cm³/mol. The fraction of sp³-hybridized carbons (Fsp3) is 0.667. The maximum absolute atomic E-state index is 4.47. The van der Waals surface area contributed by atoms with Gasteiger partial charge in [-0.3, -0.25) is 4.90 Å². The lowest BCUT2D eigenvalue weighted by Crippen LogP contribution is -2.51. The number of hydrogen-bond donors (Lipinski definition) is 1. The van der Waals surface area contributed by atoms with Crippen molar-refractivity contribution in [2.24, 2.45) is 0 Å². The SMILES string of the molecule is CCC1CC2c3cccnc3NC2N1C(C)(C)C. The Balaban J connectivity index is 1.97. The third-order valence-corrected chi connectivity index (χ3v) is 4.37. The number of rotatable bonds is 1. The van der Waals surface area contributed by atoms with Gasteiger partial charge in [0.05, 0.1) is 6.17 Å². The lowest BCUT2D eigenvalue weighted by molar-refractivity contribution is 0.0843. The van der Waals surface area contributed by atoms with Crippen LogP contribution in [0.1, 0.15) is 52.0 Å². The van der Waals surface area contributed by atoms with Gasteiger partial charge >= 0.3 is 0 Å². The van der Waals surface area contributed by atoms with Gasteiger partial charge in [0.15, 0.2) is 0 Å². The summed E-state index contributed by atoms with van der Waals surface area (Å²) in [6.45, 7) is 9.25. The molecule has 0 saturated carbocycles. The molecule has 3 atom stereocenters. The van der Waals surface area contributed by atoms with E-state index in [2.05, 4.69) is 55.0 Å². The zero-order valence-corrected chi connectivity index (χ0v) is 11.8. The van der Waals surface area contributed by atoms with Crippen molar-refractivity contribution in [1.82, 2.24) is 9.88 Å².